The van der Waals surface area contributed by atoms with Crippen LogP contribution >= 0.6 is 12.4 Å². The maximum Gasteiger partial charge on any atom is 0.240 e. The third-order valence-corrected chi connectivity index (χ3v) is 3.91. The topological polar surface area (TPSA) is 68.2 Å². The largest absolute Gasteiger partial charge is 0.338 e. The molecule has 0 saturated carbocycles. The van der Waals surface area contributed by atoms with Gasteiger partial charge in [-0.15, -0.1) is 12.4 Å². The highest BCUT2D eigenvalue weighted by atomic mass is 35.5. The Balaban J connectivity index is 0.00000200. The van der Waals surface area contributed by atoms with E-state index in [0.29, 0.717) is 24.4 Å². The number of likely N-dealkylation sites (tertiary alicyclic amines) is 1. The first-order valence-electron chi connectivity index (χ1n) is 7.35. The standard InChI is InChI=1S/C14H26N4O.ClH/c1-10(2)7-13-16-14(19-17-13)9-18-6-4-5-11(3)12(18)8-15;/h10-12H,4-9,15H2,1-3H3;1H. The minimum atomic E-state index is 0. The van der Waals surface area contributed by atoms with E-state index in [1.807, 2.05) is 0 Å². The summed E-state index contributed by atoms with van der Waals surface area (Å²) >= 11 is 0. The number of halogens is 1. The van der Waals surface area contributed by atoms with Gasteiger partial charge in [0.05, 0.1) is 6.54 Å². The Kier molecular flexibility index (Phi) is 6.92. The van der Waals surface area contributed by atoms with Gasteiger partial charge in [0.15, 0.2) is 5.82 Å². The molecule has 0 aliphatic carbocycles. The van der Waals surface area contributed by atoms with Gasteiger partial charge in [-0.05, 0) is 31.2 Å². The molecule has 1 saturated heterocycles. The van der Waals surface area contributed by atoms with Crippen LogP contribution in [-0.4, -0.2) is 34.2 Å². The van der Waals surface area contributed by atoms with Crippen molar-refractivity contribution in [3.05, 3.63) is 11.7 Å². The molecule has 1 fully saturated rings. The predicted octanol–water partition coefficient (Wildman–Crippen LogP) is 2.25. The van der Waals surface area contributed by atoms with Crippen LogP contribution in [0.15, 0.2) is 4.52 Å². The second kappa shape index (κ2) is 7.96. The summed E-state index contributed by atoms with van der Waals surface area (Å²) in [6, 6.07) is 0.439. The summed E-state index contributed by atoms with van der Waals surface area (Å²) in [5.41, 5.74) is 5.90. The summed E-state index contributed by atoms with van der Waals surface area (Å²) in [6.45, 7) is 9.11. The van der Waals surface area contributed by atoms with Gasteiger partial charge in [-0.3, -0.25) is 4.90 Å². The highest BCUT2D eigenvalue weighted by Gasteiger charge is 2.28. The van der Waals surface area contributed by atoms with E-state index in [2.05, 4.69) is 35.8 Å². The Morgan fingerprint density at radius 2 is 2.20 bits per heavy atom. The van der Waals surface area contributed by atoms with E-state index in [0.717, 1.165) is 31.2 Å². The van der Waals surface area contributed by atoms with E-state index < -0.39 is 0 Å². The third kappa shape index (κ3) is 4.43. The summed E-state index contributed by atoms with van der Waals surface area (Å²) in [5.74, 6) is 2.75. The SMILES string of the molecule is CC(C)Cc1noc(CN2CCCC(C)C2CN)n1.Cl. The highest BCUT2D eigenvalue weighted by molar-refractivity contribution is 5.85. The molecule has 1 aliphatic heterocycles. The van der Waals surface area contributed by atoms with Crippen LogP contribution < -0.4 is 5.73 Å². The quantitative estimate of drug-likeness (QED) is 0.903. The lowest BCUT2D eigenvalue weighted by atomic mass is 9.91. The van der Waals surface area contributed by atoms with Gasteiger partial charge in [-0.1, -0.05) is 25.9 Å². The van der Waals surface area contributed by atoms with Crippen molar-refractivity contribution in [2.24, 2.45) is 17.6 Å². The molecule has 116 valence electrons. The van der Waals surface area contributed by atoms with Crippen molar-refractivity contribution in [3.63, 3.8) is 0 Å². The Morgan fingerprint density at radius 3 is 2.85 bits per heavy atom. The first-order chi connectivity index (χ1) is 9.10. The Labute approximate surface area is 127 Å². The molecule has 1 aromatic heterocycles. The number of rotatable bonds is 5. The van der Waals surface area contributed by atoms with Gasteiger partial charge < -0.3 is 10.3 Å². The maximum atomic E-state index is 5.90. The summed E-state index contributed by atoms with van der Waals surface area (Å²) in [6.07, 6.45) is 3.37. The fourth-order valence-electron chi connectivity index (χ4n) is 2.89. The molecule has 0 radical (unpaired) electrons. The Bertz CT molecular complexity index is 396. The lowest BCUT2D eigenvalue weighted by molar-refractivity contribution is 0.0874. The molecule has 2 heterocycles. The molecule has 2 rings (SSSR count). The molecule has 1 aliphatic rings. The van der Waals surface area contributed by atoms with Crippen molar-refractivity contribution < 1.29 is 4.52 Å². The molecule has 0 bridgehead atoms. The fourth-order valence-corrected chi connectivity index (χ4v) is 2.89. The molecule has 0 spiro atoms. The van der Waals surface area contributed by atoms with Crippen LogP contribution in [0.4, 0.5) is 0 Å². The van der Waals surface area contributed by atoms with Gasteiger partial charge in [0.25, 0.3) is 0 Å². The van der Waals surface area contributed by atoms with Crippen LogP contribution in [0.2, 0.25) is 0 Å². The lowest BCUT2D eigenvalue weighted by Crippen LogP contribution is -2.48. The van der Waals surface area contributed by atoms with Crippen LogP contribution in [-0.2, 0) is 13.0 Å². The number of nitrogens with two attached hydrogens (primary N) is 1. The molecule has 2 atom stereocenters. The van der Waals surface area contributed by atoms with Crippen molar-refractivity contribution in [1.29, 1.82) is 0 Å². The van der Waals surface area contributed by atoms with Gasteiger partial charge in [-0.25, -0.2) is 0 Å². The number of aromatic nitrogens is 2. The van der Waals surface area contributed by atoms with E-state index in [-0.39, 0.29) is 12.4 Å². The zero-order chi connectivity index (χ0) is 13.8. The molecular formula is C14H27ClN4O. The summed E-state index contributed by atoms with van der Waals surface area (Å²) in [5, 5.41) is 4.05. The van der Waals surface area contributed by atoms with E-state index in [4.69, 9.17) is 10.3 Å². The number of hydrogen-bond acceptors (Lipinski definition) is 5. The van der Waals surface area contributed by atoms with Crippen LogP contribution in [0.3, 0.4) is 0 Å². The number of piperidine rings is 1. The fraction of sp³-hybridized carbons (Fsp3) is 0.857. The monoisotopic (exact) mass is 302 g/mol. The lowest BCUT2D eigenvalue weighted by Gasteiger charge is -2.38. The molecule has 1 aromatic rings. The Morgan fingerprint density at radius 1 is 1.45 bits per heavy atom. The van der Waals surface area contributed by atoms with Gasteiger partial charge in [0.2, 0.25) is 5.89 Å². The Hall–Kier alpha value is -0.650. The molecular weight excluding hydrogens is 276 g/mol. The maximum absolute atomic E-state index is 5.90. The second-order valence-electron chi connectivity index (χ2n) is 6.10. The van der Waals surface area contributed by atoms with E-state index >= 15 is 0 Å². The van der Waals surface area contributed by atoms with Crippen molar-refractivity contribution in [2.45, 2.75) is 52.6 Å². The van der Waals surface area contributed by atoms with Crippen LogP contribution in [0.5, 0.6) is 0 Å². The van der Waals surface area contributed by atoms with Crippen molar-refractivity contribution in [2.75, 3.05) is 13.1 Å². The molecule has 20 heavy (non-hydrogen) atoms. The van der Waals surface area contributed by atoms with Crippen LogP contribution in [0.1, 0.15) is 45.3 Å². The summed E-state index contributed by atoms with van der Waals surface area (Å²) in [7, 11) is 0. The van der Waals surface area contributed by atoms with E-state index in [1.165, 1.54) is 12.8 Å². The normalized spacial score (nSPS) is 23.9. The average molecular weight is 303 g/mol. The molecule has 6 heteroatoms. The van der Waals surface area contributed by atoms with Crippen LogP contribution in [0, 0.1) is 11.8 Å². The molecule has 2 N–H and O–H groups in total. The second-order valence-corrected chi connectivity index (χ2v) is 6.10. The minimum Gasteiger partial charge on any atom is -0.338 e. The van der Waals surface area contributed by atoms with Gasteiger partial charge in [-0.2, -0.15) is 4.98 Å². The number of nitrogens with zero attached hydrogens (tertiary/aromatic N) is 3. The zero-order valence-electron chi connectivity index (χ0n) is 12.7. The van der Waals surface area contributed by atoms with Gasteiger partial charge >= 0.3 is 0 Å². The number of hydrogen-bond donors (Lipinski definition) is 1. The first kappa shape index (κ1) is 17.4. The third-order valence-electron chi connectivity index (χ3n) is 3.91. The molecule has 0 amide bonds. The van der Waals surface area contributed by atoms with Crippen molar-refractivity contribution in [3.8, 4) is 0 Å². The van der Waals surface area contributed by atoms with Crippen molar-refractivity contribution in [1.82, 2.24) is 15.0 Å². The summed E-state index contributed by atoms with van der Waals surface area (Å²) in [4.78, 5) is 6.87. The first-order valence-corrected chi connectivity index (χ1v) is 7.35. The van der Waals surface area contributed by atoms with Crippen molar-refractivity contribution >= 4 is 12.4 Å². The average Bonchev–Trinajstić information content (AvgIpc) is 2.76. The molecule has 5 nitrogen and oxygen atoms in total. The predicted molar refractivity (Wildman–Crippen MR) is 81.7 cm³/mol. The smallest absolute Gasteiger partial charge is 0.240 e. The van der Waals surface area contributed by atoms with Gasteiger partial charge in [0.1, 0.15) is 0 Å². The molecule has 0 aromatic carbocycles. The van der Waals surface area contributed by atoms with E-state index in [9.17, 15) is 0 Å². The van der Waals surface area contributed by atoms with Gasteiger partial charge in [0, 0.05) is 19.0 Å². The van der Waals surface area contributed by atoms with Crippen LogP contribution in [0.25, 0.3) is 0 Å². The zero-order valence-corrected chi connectivity index (χ0v) is 13.5. The highest BCUT2D eigenvalue weighted by Crippen LogP contribution is 2.24. The van der Waals surface area contributed by atoms with E-state index in [1.54, 1.807) is 0 Å². The minimum absolute atomic E-state index is 0. The summed E-state index contributed by atoms with van der Waals surface area (Å²) < 4.78 is 5.35. The molecule has 2 unspecified atom stereocenters.